The number of nitro benzene ring substituents is 1. The minimum absolute atomic E-state index is 0.0312. The first kappa shape index (κ1) is 16.4. The highest BCUT2D eigenvalue weighted by atomic mass is 79.9. The second-order valence-electron chi connectivity index (χ2n) is 3.99. The number of nitrogens with zero attached hydrogens (tertiary/aromatic N) is 1. The standard InChI is InChI=1S/C13H7BrCl3NO3/c14-13-7(2-1-3-11(13)18(19)20)6-21-12-5-9(16)8(15)4-10(12)17/h1-5H,6H2. The average molecular weight is 411 g/mol. The Bertz CT molecular complexity index is 709. The van der Waals surface area contributed by atoms with Crippen LogP contribution in [0.25, 0.3) is 0 Å². The van der Waals surface area contributed by atoms with Gasteiger partial charge in [-0.2, -0.15) is 0 Å². The lowest BCUT2D eigenvalue weighted by atomic mass is 10.2. The largest absolute Gasteiger partial charge is 0.487 e. The lowest BCUT2D eigenvalue weighted by Gasteiger charge is -2.10. The number of halogens is 4. The molecule has 0 spiro atoms. The molecule has 0 bridgehead atoms. The second-order valence-corrected chi connectivity index (χ2v) is 6.01. The summed E-state index contributed by atoms with van der Waals surface area (Å²) in [4.78, 5) is 10.4. The van der Waals surface area contributed by atoms with E-state index in [4.69, 9.17) is 39.5 Å². The fraction of sp³-hybridized carbons (Fsp3) is 0.0769. The van der Waals surface area contributed by atoms with Crippen molar-refractivity contribution in [2.24, 2.45) is 0 Å². The monoisotopic (exact) mass is 409 g/mol. The number of hydrogen-bond acceptors (Lipinski definition) is 3. The molecule has 0 fully saturated rings. The fourth-order valence-corrected chi connectivity index (χ4v) is 2.70. The molecule has 0 saturated heterocycles. The Kier molecular flexibility index (Phi) is 5.32. The van der Waals surface area contributed by atoms with Crippen molar-refractivity contribution in [3.63, 3.8) is 0 Å². The third-order valence-electron chi connectivity index (χ3n) is 2.61. The molecule has 21 heavy (non-hydrogen) atoms. The molecule has 0 atom stereocenters. The van der Waals surface area contributed by atoms with Gasteiger partial charge >= 0.3 is 0 Å². The molecule has 2 rings (SSSR count). The summed E-state index contributed by atoms with van der Waals surface area (Å²) in [5.41, 5.74) is 0.586. The number of rotatable bonds is 4. The Hall–Kier alpha value is -1.01. The van der Waals surface area contributed by atoms with Gasteiger partial charge in [-0.05, 0) is 22.0 Å². The van der Waals surface area contributed by atoms with Gasteiger partial charge in [-0.25, -0.2) is 0 Å². The van der Waals surface area contributed by atoms with Crippen LogP contribution in [0.4, 0.5) is 5.69 Å². The predicted octanol–water partition coefficient (Wildman–Crippen LogP) is 5.90. The molecule has 8 heteroatoms. The van der Waals surface area contributed by atoms with Crippen LogP contribution < -0.4 is 4.74 Å². The molecule has 2 aromatic rings. The van der Waals surface area contributed by atoms with Gasteiger partial charge < -0.3 is 4.74 Å². The van der Waals surface area contributed by atoms with Crippen molar-refractivity contribution in [3.05, 3.63) is 65.6 Å². The molecular weight excluding hydrogens is 404 g/mol. The van der Waals surface area contributed by atoms with E-state index in [0.29, 0.717) is 30.9 Å². The maximum Gasteiger partial charge on any atom is 0.283 e. The zero-order valence-electron chi connectivity index (χ0n) is 10.3. The molecule has 0 aromatic heterocycles. The van der Waals surface area contributed by atoms with Crippen molar-refractivity contribution in [2.75, 3.05) is 0 Å². The summed E-state index contributed by atoms with van der Waals surface area (Å²) in [5, 5.41) is 11.8. The normalized spacial score (nSPS) is 10.5. The fourth-order valence-electron chi connectivity index (χ4n) is 1.59. The van der Waals surface area contributed by atoms with Crippen LogP contribution in [0.1, 0.15) is 5.56 Å². The quantitative estimate of drug-likeness (QED) is 0.358. The topological polar surface area (TPSA) is 52.4 Å². The summed E-state index contributed by atoms with van der Waals surface area (Å²) < 4.78 is 5.91. The molecule has 0 amide bonds. The molecule has 0 saturated carbocycles. The minimum Gasteiger partial charge on any atom is -0.487 e. The molecule has 4 nitrogen and oxygen atoms in total. The molecule has 110 valence electrons. The first-order valence-electron chi connectivity index (χ1n) is 5.59. The van der Waals surface area contributed by atoms with Gasteiger partial charge in [0.25, 0.3) is 5.69 Å². The molecule has 0 radical (unpaired) electrons. The van der Waals surface area contributed by atoms with E-state index in [9.17, 15) is 10.1 Å². The predicted molar refractivity (Wildman–Crippen MR) is 86.6 cm³/mol. The Morgan fingerprint density at radius 1 is 1.14 bits per heavy atom. The van der Waals surface area contributed by atoms with Gasteiger partial charge in [-0.1, -0.05) is 46.9 Å². The molecule has 0 heterocycles. The molecule has 0 N–H and O–H groups in total. The van der Waals surface area contributed by atoms with Gasteiger partial charge in [0, 0.05) is 17.7 Å². The number of ether oxygens (including phenoxy) is 1. The highest BCUT2D eigenvalue weighted by Gasteiger charge is 2.15. The molecule has 0 aliphatic carbocycles. The lowest BCUT2D eigenvalue weighted by Crippen LogP contribution is -1.99. The van der Waals surface area contributed by atoms with E-state index in [-0.39, 0.29) is 12.3 Å². The van der Waals surface area contributed by atoms with E-state index in [1.54, 1.807) is 12.1 Å². The lowest BCUT2D eigenvalue weighted by molar-refractivity contribution is -0.385. The van der Waals surface area contributed by atoms with Crippen LogP contribution in [0.5, 0.6) is 5.75 Å². The minimum atomic E-state index is -0.472. The summed E-state index contributed by atoms with van der Waals surface area (Å²) in [6, 6.07) is 7.67. The van der Waals surface area contributed by atoms with Crippen molar-refractivity contribution in [3.8, 4) is 5.75 Å². The summed E-state index contributed by atoms with van der Waals surface area (Å²) in [5.74, 6) is 0.351. The van der Waals surface area contributed by atoms with Gasteiger partial charge in [0.15, 0.2) is 0 Å². The van der Waals surface area contributed by atoms with Crippen molar-refractivity contribution in [1.29, 1.82) is 0 Å². The third kappa shape index (κ3) is 3.80. The highest BCUT2D eigenvalue weighted by Crippen LogP contribution is 2.35. The van der Waals surface area contributed by atoms with Gasteiger partial charge in [0.2, 0.25) is 0 Å². The smallest absolute Gasteiger partial charge is 0.283 e. The van der Waals surface area contributed by atoms with Crippen molar-refractivity contribution < 1.29 is 9.66 Å². The molecule has 2 aromatic carbocycles. The van der Waals surface area contributed by atoms with Crippen LogP contribution in [-0.2, 0) is 6.61 Å². The van der Waals surface area contributed by atoms with E-state index < -0.39 is 4.92 Å². The van der Waals surface area contributed by atoms with Crippen LogP contribution >= 0.6 is 50.7 Å². The van der Waals surface area contributed by atoms with Crippen LogP contribution in [0, 0.1) is 10.1 Å². The summed E-state index contributed by atoms with van der Waals surface area (Å²) in [7, 11) is 0. The summed E-state index contributed by atoms with van der Waals surface area (Å²) in [6.45, 7) is 0.0972. The SMILES string of the molecule is O=[N+]([O-])c1cccc(COc2cc(Cl)c(Cl)cc2Cl)c1Br. The van der Waals surface area contributed by atoms with E-state index in [2.05, 4.69) is 15.9 Å². The van der Waals surface area contributed by atoms with E-state index in [0.717, 1.165) is 0 Å². The highest BCUT2D eigenvalue weighted by molar-refractivity contribution is 9.10. The van der Waals surface area contributed by atoms with E-state index in [1.165, 1.54) is 18.2 Å². The van der Waals surface area contributed by atoms with Gasteiger partial charge in [-0.3, -0.25) is 10.1 Å². The number of benzene rings is 2. The number of hydrogen-bond donors (Lipinski definition) is 0. The molecule has 0 aliphatic heterocycles. The average Bonchev–Trinajstić information content (AvgIpc) is 2.42. The van der Waals surface area contributed by atoms with E-state index >= 15 is 0 Å². The number of nitro groups is 1. The van der Waals surface area contributed by atoms with E-state index in [1.807, 2.05) is 0 Å². The zero-order chi connectivity index (χ0) is 15.6. The van der Waals surface area contributed by atoms with Crippen LogP contribution in [-0.4, -0.2) is 4.92 Å². The van der Waals surface area contributed by atoms with Gasteiger partial charge in [-0.15, -0.1) is 0 Å². The Balaban J connectivity index is 2.23. The van der Waals surface area contributed by atoms with Crippen LogP contribution in [0.15, 0.2) is 34.8 Å². The Morgan fingerprint density at radius 2 is 1.81 bits per heavy atom. The molecule has 0 aliphatic rings. The third-order valence-corrected chi connectivity index (χ3v) is 4.55. The first-order valence-corrected chi connectivity index (χ1v) is 7.52. The second kappa shape index (κ2) is 6.83. The van der Waals surface area contributed by atoms with Gasteiger partial charge in [0.05, 0.1) is 20.0 Å². The van der Waals surface area contributed by atoms with Crippen LogP contribution in [0.3, 0.4) is 0 Å². The van der Waals surface area contributed by atoms with Crippen molar-refractivity contribution >= 4 is 56.4 Å². The zero-order valence-corrected chi connectivity index (χ0v) is 14.1. The molecular formula is C13H7BrCl3NO3. The maximum atomic E-state index is 10.9. The maximum absolute atomic E-state index is 10.9. The molecule has 0 unspecified atom stereocenters. The Morgan fingerprint density at radius 3 is 2.48 bits per heavy atom. The van der Waals surface area contributed by atoms with Crippen molar-refractivity contribution in [1.82, 2.24) is 0 Å². The summed E-state index contributed by atoms with van der Waals surface area (Å²) >= 11 is 20.9. The Labute approximate surface area is 143 Å². The first-order chi connectivity index (χ1) is 9.90. The summed E-state index contributed by atoms with van der Waals surface area (Å²) in [6.07, 6.45) is 0. The van der Waals surface area contributed by atoms with Crippen molar-refractivity contribution in [2.45, 2.75) is 6.61 Å². The van der Waals surface area contributed by atoms with Crippen LogP contribution in [0.2, 0.25) is 15.1 Å². The van der Waals surface area contributed by atoms with Gasteiger partial charge in [0.1, 0.15) is 16.8 Å².